The van der Waals surface area contributed by atoms with Crippen LogP contribution in [0.15, 0.2) is 0 Å². The average molecular weight is 313 g/mol. The molecule has 3 aliphatic heterocycles. The molecule has 0 radical (unpaired) electrons. The second-order valence-electron chi connectivity index (χ2n) is 6.42. The summed E-state index contributed by atoms with van der Waals surface area (Å²) in [5.41, 5.74) is 0. The molecular formula is C15H27N3O2S. The van der Waals surface area contributed by atoms with Crippen molar-refractivity contribution in [2.24, 2.45) is 5.92 Å². The van der Waals surface area contributed by atoms with Crippen molar-refractivity contribution in [1.29, 1.82) is 0 Å². The fourth-order valence-electron chi connectivity index (χ4n) is 3.63. The van der Waals surface area contributed by atoms with Gasteiger partial charge in [-0.05, 0) is 5.92 Å². The van der Waals surface area contributed by atoms with Crippen molar-refractivity contribution in [3.8, 4) is 0 Å². The summed E-state index contributed by atoms with van der Waals surface area (Å²) < 4.78 is 5.44. The number of nitrogens with zero attached hydrogens (tertiary/aromatic N) is 2. The van der Waals surface area contributed by atoms with E-state index in [0.29, 0.717) is 30.3 Å². The van der Waals surface area contributed by atoms with Crippen molar-refractivity contribution in [3.63, 3.8) is 0 Å². The van der Waals surface area contributed by atoms with Crippen molar-refractivity contribution in [2.75, 3.05) is 57.4 Å². The molecular weight excluding hydrogens is 286 g/mol. The molecule has 0 aromatic rings. The van der Waals surface area contributed by atoms with Crippen molar-refractivity contribution < 1.29 is 9.53 Å². The van der Waals surface area contributed by atoms with E-state index in [4.69, 9.17) is 4.74 Å². The zero-order valence-electron chi connectivity index (χ0n) is 12.9. The third-order valence-electron chi connectivity index (χ3n) is 4.86. The lowest BCUT2D eigenvalue weighted by molar-refractivity contribution is -0.130. The summed E-state index contributed by atoms with van der Waals surface area (Å²) in [6, 6.07) is 0.889. The number of ether oxygens (including phenoxy) is 1. The number of morpholine rings is 1. The highest BCUT2D eigenvalue weighted by atomic mass is 32.2. The lowest BCUT2D eigenvalue weighted by atomic mass is 10.0. The Morgan fingerprint density at radius 1 is 1.33 bits per heavy atom. The molecule has 3 fully saturated rings. The van der Waals surface area contributed by atoms with Gasteiger partial charge in [0, 0.05) is 62.7 Å². The molecule has 21 heavy (non-hydrogen) atoms. The fourth-order valence-corrected chi connectivity index (χ4v) is 4.58. The molecule has 1 amide bonds. The number of likely N-dealkylation sites (tertiary alicyclic amines) is 1. The summed E-state index contributed by atoms with van der Waals surface area (Å²) in [4.78, 5) is 17.1. The average Bonchev–Trinajstić information content (AvgIpc) is 2.91. The molecule has 3 saturated heterocycles. The maximum absolute atomic E-state index is 12.5. The molecule has 1 N–H and O–H groups in total. The fraction of sp³-hybridized carbons (Fsp3) is 0.933. The van der Waals surface area contributed by atoms with Crippen LogP contribution < -0.4 is 5.32 Å². The topological polar surface area (TPSA) is 44.8 Å². The third-order valence-corrected chi connectivity index (χ3v) is 5.99. The quantitative estimate of drug-likeness (QED) is 0.810. The number of rotatable bonds is 3. The van der Waals surface area contributed by atoms with E-state index in [9.17, 15) is 4.79 Å². The van der Waals surface area contributed by atoms with Gasteiger partial charge in [-0.25, -0.2) is 0 Å². The minimum atomic E-state index is 0.331. The lowest BCUT2D eigenvalue weighted by Crippen LogP contribution is -2.47. The van der Waals surface area contributed by atoms with Gasteiger partial charge in [-0.2, -0.15) is 11.8 Å². The number of hydrogen-bond donors (Lipinski definition) is 1. The highest BCUT2D eigenvalue weighted by molar-refractivity contribution is 7.99. The summed E-state index contributed by atoms with van der Waals surface area (Å²) in [6.07, 6.45) is 0.662. The second-order valence-corrected chi connectivity index (χ2v) is 7.57. The van der Waals surface area contributed by atoms with E-state index in [-0.39, 0.29) is 0 Å². The van der Waals surface area contributed by atoms with E-state index >= 15 is 0 Å². The Hall–Kier alpha value is -0.300. The highest BCUT2D eigenvalue weighted by Crippen LogP contribution is 2.24. The number of nitrogens with one attached hydrogen (secondary N) is 1. The van der Waals surface area contributed by atoms with E-state index in [0.717, 1.165) is 51.7 Å². The van der Waals surface area contributed by atoms with Crippen LogP contribution in [0.2, 0.25) is 0 Å². The van der Waals surface area contributed by atoms with Gasteiger partial charge in [0.25, 0.3) is 0 Å². The normalized spacial score (nSPS) is 35.1. The van der Waals surface area contributed by atoms with Crippen LogP contribution in [0, 0.1) is 5.92 Å². The van der Waals surface area contributed by atoms with Crippen LogP contribution >= 0.6 is 11.8 Å². The molecule has 3 rings (SSSR count). The van der Waals surface area contributed by atoms with Crippen LogP contribution in [0.4, 0.5) is 0 Å². The largest absolute Gasteiger partial charge is 0.379 e. The summed E-state index contributed by atoms with van der Waals surface area (Å²) in [7, 11) is 0. The zero-order valence-corrected chi connectivity index (χ0v) is 13.7. The summed E-state index contributed by atoms with van der Waals surface area (Å²) in [5.74, 6) is 3.14. The number of hydrogen-bond acceptors (Lipinski definition) is 5. The molecule has 0 aliphatic carbocycles. The molecule has 120 valence electrons. The van der Waals surface area contributed by atoms with Crippen molar-refractivity contribution in [3.05, 3.63) is 0 Å². The predicted molar refractivity (Wildman–Crippen MR) is 85.7 cm³/mol. The van der Waals surface area contributed by atoms with Crippen LogP contribution in [-0.4, -0.2) is 85.2 Å². The molecule has 0 aromatic heterocycles. The van der Waals surface area contributed by atoms with Gasteiger partial charge in [-0.1, -0.05) is 6.92 Å². The van der Waals surface area contributed by atoms with E-state index in [2.05, 4.69) is 22.0 Å². The Labute approximate surface area is 131 Å². The minimum Gasteiger partial charge on any atom is -0.379 e. The zero-order chi connectivity index (χ0) is 14.7. The Morgan fingerprint density at radius 3 is 2.86 bits per heavy atom. The number of thioether (sulfide) groups is 1. The van der Waals surface area contributed by atoms with Gasteiger partial charge in [-0.3, -0.25) is 9.69 Å². The first-order valence-corrected chi connectivity index (χ1v) is 9.30. The Balaban J connectivity index is 1.50. The summed E-state index contributed by atoms with van der Waals surface area (Å²) in [5, 5.41) is 3.46. The van der Waals surface area contributed by atoms with Gasteiger partial charge in [0.1, 0.15) is 0 Å². The number of carbonyl (C=O) groups is 1. The molecule has 3 unspecified atom stereocenters. The molecule has 0 saturated carbocycles. The molecule has 5 nitrogen and oxygen atoms in total. The smallest absolute Gasteiger partial charge is 0.224 e. The second kappa shape index (κ2) is 7.31. The van der Waals surface area contributed by atoms with Gasteiger partial charge in [0.2, 0.25) is 5.91 Å². The molecule has 6 heteroatoms. The van der Waals surface area contributed by atoms with Crippen molar-refractivity contribution in [2.45, 2.75) is 25.4 Å². The maximum atomic E-state index is 12.5. The maximum Gasteiger partial charge on any atom is 0.224 e. The highest BCUT2D eigenvalue weighted by Gasteiger charge is 2.36. The third kappa shape index (κ3) is 3.92. The number of carbonyl (C=O) groups excluding carboxylic acids is 1. The minimum absolute atomic E-state index is 0.331. The Bertz CT molecular complexity index is 357. The van der Waals surface area contributed by atoms with Gasteiger partial charge in [0.15, 0.2) is 0 Å². The van der Waals surface area contributed by atoms with Crippen LogP contribution in [0.5, 0.6) is 0 Å². The Kier molecular flexibility index (Phi) is 5.43. The molecule has 3 atom stereocenters. The van der Waals surface area contributed by atoms with Crippen molar-refractivity contribution >= 4 is 17.7 Å². The molecule has 0 spiro atoms. The lowest BCUT2D eigenvalue weighted by Gasteiger charge is -2.34. The standard InChI is InChI=1S/C15H27N3O2S/c1-12-9-18(10-14(12)17-3-5-20-6-4-17)15(19)8-13-11-21-7-2-16-13/h12-14,16H,2-11H2,1H3. The summed E-state index contributed by atoms with van der Waals surface area (Å²) >= 11 is 1.96. The SMILES string of the molecule is CC1CN(C(=O)CC2CSCCN2)CC1N1CCOCC1. The van der Waals surface area contributed by atoms with Gasteiger partial charge < -0.3 is 15.0 Å². The van der Waals surface area contributed by atoms with Gasteiger partial charge in [0.05, 0.1) is 13.2 Å². The van der Waals surface area contributed by atoms with E-state index in [1.807, 2.05) is 11.8 Å². The van der Waals surface area contributed by atoms with E-state index in [1.54, 1.807) is 0 Å². The monoisotopic (exact) mass is 313 g/mol. The molecule has 3 aliphatic rings. The van der Waals surface area contributed by atoms with Gasteiger partial charge >= 0.3 is 0 Å². The molecule has 0 aromatic carbocycles. The van der Waals surface area contributed by atoms with Crippen LogP contribution in [-0.2, 0) is 9.53 Å². The molecule has 3 heterocycles. The predicted octanol–water partition coefficient (Wildman–Crippen LogP) is 0.261. The first-order chi connectivity index (χ1) is 10.2. The molecule has 0 bridgehead atoms. The first kappa shape index (κ1) is 15.6. The number of amides is 1. The van der Waals surface area contributed by atoms with E-state index < -0.39 is 0 Å². The van der Waals surface area contributed by atoms with Crippen LogP contribution in [0.25, 0.3) is 0 Å². The van der Waals surface area contributed by atoms with Crippen LogP contribution in [0.3, 0.4) is 0 Å². The van der Waals surface area contributed by atoms with Crippen molar-refractivity contribution in [1.82, 2.24) is 15.1 Å². The first-order valence-electron chi connectivity index (χ1n) is 8.15. The summed E-state index contributed by atoms with van der Waals surface area (Å²) in [6.45, 7) is 8.83. The van der Waals surface area contributed by atoms with E-state index in [1.165, 1.54) is 5.75 Å². The van der Waals surface area contributed by atoms with Gasteiger partial charge in [-0.15, -0.1) is 0 Å². The van der Waals surface area contributed by atoms with Crippen LogP contribution in [0.1, 0.15) is 13.3 Å². The Morgan fingerprint density at radius 2 is 2.14 bits per heavy atom.